The molecule has 0 bridgehead atoms. The first-order valence-electron chi connectivity index (χ1n) is 8.69. The van der Waals surface area contributed by atoms with Crippen molar-refractivity contribution in [3.8, 4) is 0 Å². The third kappa shape index (κ3) is 5.16. The number of aliphatic imine (C=N–C) groups is 1. The van der Waals surface area contributed by atoms with Gasteiger partial charge in [0.2, 0.25) is 0 Å². The highest BCUT2D eigenvalue weighted by Gasteiger charge is 2.15. The molecule has 1 fully saturated rings. The average Bonchev–Trinajstić information content (AvgIpc) is 3.22. The molecule has 0 atom stereocenters. The molecule has 0 aromatic carbocycles. The molecule has 2 heterocycles. The third-order valence-electron chi connectivity index (χ3n) is 4.24. The van der Waals surface area contributed by atoms with E-state index in [0.29, 0.717) is 19.1 Å². The van der Waals surface area contributed by atoms with Gasteiger partial charge in [-0.25, -0.2) is 9.97 Å². The van der Waals surface area contributed by atoms with Crippen molar-refractivity contribution >= 4 is 46.8 Å². The van der Waals surface area contributed by atoms with Crippen molar-refractivity contribution in [2.24, 2.45) is 12.0 Å². The third-order valence-corrected chi connectivity index (χ3v) is 4.24. The van der Waals surface area contributed by atoms with E-state index in [2.05, 4.69) is 42.9 Å². The first-order valence-corrected chi connectivity index (χ1v) is 8.69. The van der Waals surface area contributed by atoms with Crippen molar-refractivity contribution in [1.82, 2.24) is 30.4 Å². The van der Waals surface area contributed by atoms with Gasteiger partial charge in [0, 0.05) is 26.2 Å². The minimum absolute atomic E-state index is 0. The Kier molecular flexibility index (Phi) is 7.66. The van der Waals surface area contributed by atoms with E-state index >= 15 is 0 Å². The molecule has 1 aliphatic rings. The molecule has 9 heteroatoms. The van der Waals surface area contributed by atoms with Crippen LogP contribution in [0.2, 0.25) is 0 Å². The Balaban J connectivity index is 0.00000225. The van der Waals surface area contributed by atoms with Gasteiger partial charge in [-0.15, -0.1) is 24.0 Å². The van der Waals surface area contributed by atoms with Gasteiger partial charge in [0.05, 0.1) is 18.1 Å². The zero-order valence-corrected chi connectivity index (χ0v) is 17.2. The van der Waals surface area contributed by atoms with Crippen LogP contribution >= 0.6 is 24.0 Å². The summed E-state index contributed by atoms with van der Waals surface area (Å²) < 4.78 is 1.75. The number of hydrogen-bond acceptors (Lipinski definition) is 5. The molecule has 0 radical (unpaired) electrons. The largest absolute Gasteiger partial charge is 0.367 e. The number of nitrogens with zero attached hydrogens (tertiary/aromatic N) is 5. The van der Waals surface area contributed by atoms with Crippen LogP contribution in [0.15, 0.2) is 17.5 Å². The quantitative estimate of drug-likeness (QED) is 0.265. The Morgan fingerprint density at radius 1 is 1.32 bits per heavy atom. The van der Waals surface area contributed by atoms with Gasteiger partial charge in [-0.1, -0.05) is 12.8 Å². The van der Waals surface area contributed by atoms with Gasteiger partial charge in [0.15, 0.2) is 11.6 Å². The van der Waals surface area contributed by atoms with Gasteiger partial charge in [0.1, 0.15) is 12.1 Å². The summed E-state index contributed by atoms with van der Waals surface area (Å²) in [4.78, 5) is 13.2. The minimum Gasteiger partial charge on any atom is -0.367 e. The molecule has 3 rings (SSSR count). The number of aryl methyl sites for hydroxylation is 1. The van der Waals surface area contributed by atoms with Crippen LogP contribution in [0.1, 0.15) is 32.6 Å². The molecule has 0 unspecified atom stereocenters. The van der Waals surface area contributed by atoms with Crippen LogP contribution < -0.4 is 16.0 Å². The van der Waals surface area contributed by atoms with Crippen LogP contribution in [0.25, 0.3) is 11.0 Å². The summed E-state index contributed by atoms with van der Waals surface area (Å²) in [7, 11) is 1.88. The van der Waals surface area contributed by atoms with Crippen molar-refractivity contribution in [1.29, 1.82) is 0 Å². The molecule has 3 N–H and O–H groups in total. The minimum atomic E-state index is 0. The Morgan fingerprint density at radius 3 is 2.88 bits per heavy atom. The Labute approximate surface area is 165 Å². The molecular weight excluding hydrogens is 431 g/mol. The number of fused-ring (bicyclic) bond motifs is 1. The number of anilines is 1. The molecule has 1 saturated carbocycles. The number of nitrogens with one attached hydrogen (secondary N) is 3. The first-order chi connectivity index (χ1) is 11.8. The summed E-state index contributed by atoms with van der Waals surface area (Å²) in [5.41, 5.74) is 0.826. The van der Waals surface area contributed by atoms with E-state index in [-0.39, 0.29) is 24.0 Å². The highest BCUT2D eigenvalue weighted by atomic mass is 127. The smallest absolute Gasteiger partial charge is 0.191 e. The van der Waals surface area contributed by atoms with E-state index in [1.807, 2.05) is 7.05 Å². The standard InChI is InChI=1S/C16H26N8.HI/c1-3-17-16(23-12-6-4-5-7-12)19-9-8-18-14-13-10-22-24(2)15(13)21-11-20-14;/h10-12H,3-9H2,1-2H3,(H2,17,19,23)(H,18,20,21);1H. The summed E-state index contributed by atoms with van der Waals surface area (Å²) in [5.74, 6) is 1.71. The van der Waals surface area contributed by atoms with Gasteiger partial charge >= 0.3 is 0 Å². The monoisotopic (exact) mass is 458 g/mol. The summed E-state index contributed by atoms with van der Waals surface area (Å²) >= 11 is 0. The molecule has 2 aromatic rings. The molecule has 1 aliphatic carbocycles. The summed E-state index contributed by atoms with van der Waals surface area (Å²) in [6.07, 6.45) is 8.44. The summed E-state index contributed by atoms with van der Waals surface area (Å²) in [6.45, 7) is 4.34. The lowest BCUT2D eigenvalue weighted by atomic mass is 10.2. The van der Waals surface area contributed by atoms with Crippen molar-refractivity contribution in [2.75, 3.05) is 25.0 Å². The average molecular weight is 458 g/mol. The maximum absolute atomic E-state index is 4.64. The van der Waals surface area contributed by atoms with Gasteiger partial charge in [0.25, 0.3) is 0 Å². The lowest BCUT2D eigenvalue weighted by Gasteiger charge is -2.16. The van der Waals surface area contributed by atoms with Crippen LogP contribution in [0, 0.1) is 0 Å². The molecule has 0 spiro atoms. The lowest BCUT2D eigenvalue weighted by Crippen LogP contribution is -2.42. The van der Waals surface area contributed by atoms with Crippen LogP contribution in [0.3, 0.4) is 0 Å². The van der Waals surface area contributed by atoms with E-state index in [0.717, 1.165) is 29.4 Å². The van der Waals surface area contributed by atoms with Crippen LogP contribution in [-0.2, 0) is 7.05 Å². The number of aromatic nitrogens is 4. The highest BCUT2D eigenvalue weighted by Crippen LogP contribution is 2.18. The first kappa shape index (κ1) is 19.7. The van der Waals surface area contributed by atoms with Crippen molar-refractivity contribution < 1.29 is 0 Å². The lowest BCUT2D eigenvalue weighted by molar-refractivity contribution is 0.614. The number of rotatable bonds is 6. The van der Waals surface area contributed by atoms with Crippen molar-refractivity contribution in [3.63, 3.8) is 0 Å². The Bertz CT molecular complexity index is 692. The zero-order valence-electron chi connectivity index (χ0n) is 14.8. The van der Waals surface area contributed by atoms with E-state index in [9.17, 15) is 0 Å². The molecule has 0 saturated heterocycles. The molecule has 2 aromatic heterocycles. The normalized spacial score (nSPS) is 15.2. The fourth-order valence-corrected chi connectivity index (χ4v) is 3.03. The topological polar surface area (TPSA) is 92.1 Å². The zero-order chi connectivity index (χ0) is 16.8. The fourth-order valence-electron chi connectivity index (χ4n) is 3.03. The molecule has 25 heavy (non-hydrogen) atoms. The van der Waals surface area contributed by atoms with Crippen LogP contribution in [-0.4, -0.2) is 51.4 Å². The van der Waals surface area contributed by atoms with Gasteiger partial charge < -0.3 is 16.0 Å². The van der Waals surface area contributed by atoms with Crippen LogP contribution in [0.5, 0.6) is 0 Å². The SMILES string of the molecule is CCNC(=NCCNc1ncnc2c1cnn2C)NC1CCCC1.I. The molecule has 8 nitrogen and oxygen atoms in total. The van der Waals surface area contributed by atoms with Gasteiger partial charge in [-0.2, -0.15) is 5.10 Å². The predicted octanol–water partition coefficient (Wildman–Crippen LogP) is 1.89. The Hall–Kier alpha value is -1.65. The molecule has 138 valence electrons. The molecule has 0 aliphatic heterocycles. The van der Waals surface area contributed by atoms with Crippen molar-refractivity contribution in [3.05, 3.63) is 12.5 Å². The second kappa shape index (κ2) is 9.73. The number of halogens is 1. The second-order valence-corrected chi connectivity index (χ2v) is 6.04. The maximum Gasteiger partial charge on any atom is 0.191 e. The van der Waals surface area contributed by atoms with E-state index < -0.39 is 0 Å². The van der Waals surface area contributed by atoms with E-state index in [4.69, 9.17) is 0 Å². The van der Waals surface area contributed by atoms with E-state index in [1.54, 1.807) is 17.2 Å². The van der Waals surface area contributed by atoms with Gasteiger partial charge in [-0.3, -0.25) is 9.67 Å². The second-order valence-electron chi connectivity index (χ2n) is 6.04. The number of hydrogen-bond donors (Lipinski definition) is 3. The predicted molar refractivity (Wildman–Crippen MR) is 112 cm³/mol. The maximum atomic E-state index is 4.64. The highest BCUT2D eigenvalue weighted by molar-refractivity contribution is 14.0. The van der Waals surface area contributed by atoms with Crippen molar-refractivity contribution in [2.45, 2.75) is 38.6 Å². The van der Waals surface area contributed by atoms with Crippen LogP contribution in [0.4, 0.5) is 5.82 Å². The summed E-state index contributed by atoms with van der Waals surface area (Å²) in [5, 5.41) is 15.3. The fraction of sp³-hybridized carbons (Fsp3) is 0.625. The van der Waals surface area contributed by atoms with E-state index in [1.165, 1.54) is 25.7 Å². The Morgan fingerprint density at radius 2 is 2.12 bits per heavy atom. The number of guanidine groups is 1. The summed E-state index contributed by atoms with van der Waals surface area (Å²) in [6, 6.07) is 0.563. The molecule has 0 amide bonds. The van der Waals surface area contributed by atoms with Gasteiger partial charge in [-0.05, 0) is 19.8 Å². The molecular formula is C16H27IN8.